The largest absolute Gasteiger partial charge is 0.297 e. The molecule has 1 aromatic carbocycles. The molecule has 2 aromatic heterocycles. The van der Waals surface area contributed by atoms with Gasteiger partial charge in [0.05, 0.1) is 17.5 Å². The lowest BCUT2D eigenvalue weighted by atomic mass is 10.1. The molecule has 0 saturated heterocycles. The molecule has 0 aliphatic rings. The zero-order chi connectivity index (χ0) is 16.9. The lowest BCUT2D eigenvalue weighted by Crippen LogP contribution is -2.13. The standard InChI is InChI=1S/C15H12N6OS2/c1-10-8-23-14(17-10)12(7-16)13(22)9-24-15-18-19-20-21(15)11-5-3-2-4-6-11/h2-6,8,12H,9H2,1H3. The molecule has 1 unspecified atom stereocenters. The lowest BCUT2D eigenvalue weighted by Gasteiger charge is -2.05. The van der Waals surface area contributed by atoms with Gasteiger partial charge in [0.2, 0.25) is 5.16 Å². The highest BCUT2D eigenvalue weighted by Gasteiger charge is 2.24. The minimum absolute atomic E-state index is 0.101. The van der Waals surface area contributed by atoms with Gasteiger partial charge in [0.15, 0.2) is 11.7 Å². The maximum absolute atomic E-state index is 12.4. The van der Waals surface area contributed by atoms with Crippen molar-refractivity contribution in [3.63, 3.8) is 0 Å². The molecule has 7 nitrogen and oxygen atoms in total. The van der Waals surface area contributed by atoms with E-state index in [2.05, 4.69) is 20.5 Å². The van der Waals surface area contributed by atoms with Crippen molar-refractivity contribution in [2.24, 2.45) is 0 Å². The van der Waals surface area contributed by atoms with Crippen molar-refractivity contribution in [2.75, 3.05) is 5.75 Å². The maximum atomic E-state index is 12.4. The van der Waals surface area contributed by atoms with Gasteiger partial charge in [0.1, 0.15) is 5.01 Å². The Morgan fingerprint density at radius 3 is 2.88 bits per heavy atom. The zero-order valence-electron chi connectivity index (χ0n) is 12.7. The van der Waals surface area contributed by atoms with Crippen molar-refractivity contribution in [2.45, 2.75) is 18.0 Å². The van der Waals surface area contributed by atoms with Gasteiger partial charge in [-0.25, -0.2) is 4.98 Å². The first-order chi connectivity index (χ1) is 11.7. The smallest absolute Gasteiger partial charge is 0.214 e. The van der Waals surface area contributed by atoms with Crippen LogP contribution in [0.2, 0.25) is 0 Å². The number of Topliss-reactive ketones (excluding diaryl/α,β-unsaturated/α-hetero) is 1. The highest BCUT2D eigenvalue weighted by Crippen LogP contribution is 2.24. The molecule has 0 radical (unpaired) electrons. The van der Waals surface area contributed by atoms with Gasteiger partial charge in [-0.1, -0.05) is 30.0 Å². The van der Waals surface area contributed by atoms with Crippen molar-refractivity contribution in [3.05, 3.63) is 46.4 Å². The van der Waals surface area contributed by atoms with Crippen molar-refractivity contribution in [1.82, 2.24) is 25.2 Å². The minimum Gasteiger partial charge on any atom is -0.297 e. The molecule has 120 valence electrons. The maximum Gasteiger partial charge on any atom is 0.214 e. The average Bonchev–Trinajstić information content (AvgIpc) is 3.23. The molecule has 3 rings (SSSR count). The molecular weight excluding hydrogens is 344 g/mol. The number of aromatic nitrogens is 5. The highest BCUT2D eigenvalue weighted by molar-refractivity contribution is 7.99. The molecule has 24 heavy (non-hydrogen) atoms. The average molecular weight is 356 g/mol. The molecule has 9 heteroatoms. The van der Waals surface area contributed by atoms with E-state index in [0.29, 0.717) is 10.2 Å². The van der Waals surface area contributed by atoms with Gasteiger partial charge in [0.25, 0.3) is 0 Å². The van der Waals surface area contributed by atoms with E-state index in [9.17, 15) is 10.1 Å². The Balaban J connectivity index is 1.71. The fourth-order valence-corrected chi connectivity index (χ4v) is 3.65. The predicted molar refractivity (Wildman–Crippen MR) is 90.1 cm³/mol. The highest BCUT2D eigenvalue weighted by atomic mass is 32.2. The van der Waals surface area contributed by atoms with Crippen molar-refractivity contribution in [3.8, 4) is 11.8 Å². The summed E-state index contributed by atoms with van der Waals surface area (Å²) in [5, 5.41) is 23.7. The minimum atomic E-state index is -0.850. The van der Waals surface area contributed by atoms with Gasteiger partial charge < -0.3 is 0 Å². The number of thiazole rings is 1. The number of nitrogens with zero attached hydrogens (tertiary/aromatic N) is 6. The number of benzene rings is 1. The molecule has 0 aliphatic carbocycles. The Labute approximate surface area is 146 Å². The molecule has 0 bridgehead atoms. The number of tetrazole rings is 1. The number of carbonyl (C=O) groups excluding carboxylic acids is 1. The molecule has 0 saturated carbocycles. The van der Waals surface area contributed by atoms with E-state index in [1.165, 1.54) is 23.1 Å². The van der Waals surface area contributed by atoms with Gasteiger partial charge in [-0.05, 0) is 29.5 Å². The monoisotopic (exact) mass is 356 g/mol. The number of hydrogen-bond acceptors (Lipinski definition) is 8. The van der Waals surface area contributed by atoms with Crippen LogP contribution in [0.5, 0.6) is 0 Å². The quantitative estimate of drug-likeness (QED) is 0.625. The predicted octanol–water partition coefficient (Wildman–Crippen LogP) is 2.40. The van der Waals surface area contributed by atoms with Gasteiger partial charge in [-0.15, -0.1) is 16.4 Å². The number of ketones is 1. The Bertz CT molecular complexity index is 883. The Kier molecular flexibility index (Phi) is 4.98. The molecule has 2 heterocycles. The topological polar surface area (TPSA) is 97.4 Å². The number of carbonyl (C=O) groups is 1. The van der Waals surface area contributed by atoms with E-state index in [1.54, 1.807) is 4.68 Å². The van der Waals surface area contributed by atoms with Crippen LogP contribution in [0.1, 0.15) is 16.6 Å². The van der Waals surface area contributed by atoms with Gasteiger partial charge in [-0.2, -0.15) is 9.94 Å². The summed E-state index contributed by atoms with van der Waals surface area (Å²) in [5.74, 6) is -0.957. The summed E-state index contributed by atoms with van der Waals surface area (Å²) >= 11 is 2.53. The van der Waals surface area contributed by atoms with Crippen molar-refractivity contribution < 1.29 is 4.79 Å². The van der Waals surface area contributed by atoms with E-state index < -0.39 is 5.92 Å². The molecule has 0 amide bonds. The Morgan fingerprint density at radius 2 is 2.21 bits per heavy atom. The second-order valence-electron chi connectivity index (χ2n) is 4.85. The zero-order valence-corrected chi connectivity index (χ0v) is 14.3. The second-order valence-corrected chi connectivity index (χ2v) is 6.69. The molecule has 3 aromatic rings. The number of aryl methyl sites for hydroxylation is 1. The first kappa shape index (κ1) is 16.3. The van der Waals surface area contributed by atoms with Gasteiger partial charge in [0, 0.05) is 11.1 Å². The van der Waals surface area contributed by atoms with Crippen LogP contribution in [-0.4, -0.2) is 36.7 Å². The van der Waals surface area contributed by atoms with Gasteiger partial charge in [-0.3, -0.25) is 4.79 Å². The lowest BCUT2D eigenvalue weighted by molar-refractivity contribution is -0.116. The third kappa shape index (κ3) is 3.50. The van der Waals surface area contributed by atoms with Crippen LogP contribution in [0.4, 0.5) is 0 Å². The van der Waals surface area contributed by atoms with E-state index >= 15 is 0 Å². The summed E-state index contributed by atoms with van der Waals surface area (Å²) < 4.78 is 1.56. The van der Waals surface area contributed by atoms with Crippen LogP contribution >= 0.6 is 23.1 Å². The number of thioether (sulfide) groups is 1. The summed E-state index contributed by atoms with van der Waals surface area (Å²) in [6, 6.07) is 11.4. The van der Waals surface area contributed by atoms with E-state index in [0.717, 1.165) is 11.4 Å². The molecule has 0 spiro atoms. The Hall–Kier alpha value is -2.57. The summed E-state index contributed by atoms with van der Waals surface area (Å²) in [5.41, 5.74) is 1.62. The number of hydrogen-bond donors (Lipinski definition) is 0. The third-order valence-electron chi connectivity index (χ3n) is 3.12. The number of nitriles is 1. The molecule has 1 atom stereocenters. The van der Waals surface area contributed by atoms with Crippen LogP contribution in [0.3, 0.4) is 0 Å². The summed E-state index contributed by atoms with van der Waals surface area (Å²) in [6.07, 6.45) is 0. The normalized spacial score (nSPS) is 11.8. The molecule has 0 N–H and O–H groups in total. The van der Waals surface area contributed by atoms with Crippen LogP contribution in [0.15, 0.2) is 40.9 Å². The van der Waals surface area contributed by atoms with Crippen LogP contribution in [-0.2, 0) is 4.79 Å². The van der Waals surface area contributed by atoms with Crippen LogP contribution in [0.25, 0.3) is 5.69 Å². The van der Waals surface area contributed by atoms with Gasteiger partial charge >= 0.3 is 0 Å². The molecule has 0 aliphatic heterocycles. The second kappa shape index (κ2) is 7.33. The number of rotatable bonds is 6. The summed E-state index contributed by atoms with van der Waals surface area (Å²) in [6.45, 7) is 1.83. The van der Waals surface area contributed by atoms with E-state index in [-0.39, 0.29) is 11.5 Å². The Morgan fingerprint density at radius 1 is 1.42 bits per heavy atom. The van der Waals surface area contributed by atoms with Crippen LogP contribution in [0, 0.1) is 18.3 Å². The SMILES string of the molecule is Cc1csc(C(C#N)C(=O)CSc2nnnn2-c2ccccc2)n1. The fraction of sp³-hybridized carbons (Fsp3) is 0.200. The first-order valence-corrected chi connectivity index (χ1v) is 8.86. The first-order valence-electron chi connectivity index (χ1n) is 7.00. The number of para-hydroxylation sites is 1. The molecular formula is C15H12N6OS2. The molecule has 0 fully saturated rings. The summed E-state index contributed by atoms with van der Waals surface area (Å²) in [7, 11) is 0. The van der Waals surface area contributed by atoms with Crippen LogP contribution < -0.4 is 0 Å². The van der Waals surface area contributed by atoms with E-state index in [4.69, 9.17) is 0 Å². The van der Waals surface area contributed by atoms with E-state index in [1.807, 2.05) is 48.7 Å². The third-order valence-corrected chi connectivity index (χ3v) is 5.09. The van der Waals surface area contributed by atoms with Crippen molar-refractivity contribution >= 4 is 28.9 Å². The van der Waals surface area contributed by atoms with Crippen molar-refractivity contribution in [1.29, 1.82) is 5.26 Å². The fourth-order valence-electron chi connectivity index (χ4n) is 1.99. The summed E-state index contributed by atoms with van der Waals surface area (Å²) in [4.78, 5) is 16.6.